The Hall–Kier alpha value is -3.06. The summed E-state index contributed by atoms with van der Waals surface area (Å²) >= 11 is 0. The molecule has 4 rings (SSSR count). The van der Waals surface area contributed by atoms with Crippen molar-refractivity contribution in [2.75, 3.05) is 39.5 Å². The summed E-state index contributed by atoms with van der Waals surface area (Å²) in [6.45, 7) is 2.99. The number of hydrogen-bond donors (Lipinski definition) is 0. The minimum atomic E-state index is -1.02. The van der Waals surface area contributed by atoms with Gasteiger partial charge in [0.15, 0.2) is 11.5 Å². The van der Waals surface area contributed by atoms with Gasteiger partial charge in [0.05, 0.1) is 32.0 Å². The summed E-state index contributed by atoms with van der Waals surface area (Å²) in [6, 6.07) is 14.0. The third-order valence-electron chi connectivity index (χ3n) is 4.86. The van der Waals surface area contributed by atoms with Gasteiger partial charge in [-0.25, -0.2) is 4.79 Å². The van der Waals surface area contributed by atoms with Crippen LogP contribution in [0.3, 0.4) is 0 Å². The van der Waals surface area contributed by atoms with Crippen molar-refractivity contribution in [3.05, 3.63) is 59.7 Å². The van der Waals surface area contributed by atoms with Gasteiger partial charge < -0.3 is 23.8 Å². The molecule has 2 aliphatic rings. The van der Waals surface area contributed by atoms with Crippen LogP contribution in [0.25, 0.3) is 0 Å². The third kappa shape index (κ3) is 4.51. The quantitative estimate of drug-likeness (QED) is 0.739. The van der Waals surface area contributed by atoms with Crippen molar-refractivity contribution in [1.82, 2.24) is 4.90 Å². The van der Waals surface area contributed by atoms with Gasteiger partial charge in [0.25, 0.3) is 5.91 Å². The Morgan fingerprint density at radius 1 is 0.897 bits per heavy atom. The molecule has 1 saturated heterocycles. The molecule has 2 aliphatic heterocycles. The van der Waals surface area contributed by atoms with Crippen LogP contribution in [0.2, 0.25) is 0 Å². The van der Waals surface area contributed by atoms with Gasteiger partial charge in [-0.05, 0) is 18.2 Å². The summed E-state index contributed by atoms with van der Waals surface area (Å²) in [5, 5.41) is 0. The Morgan fingerprint density at radius 2 is 1.62 bits per heavy atom. The zero-order valence-electron chi connectivity index (χ0n) is 16.0. The van der Waals surface area contributed by atoms with Gasteiger partial charge in [0.1, 0.15) is 0 Å². The molecule has 2 aromatic carbocycles. The number of benzene rings is 2. The SMILES string of the molecule is O=C(O[C@H](C(=O)N1CCOCC1)c1ccccc1)c1ccc2c(c1)OCCCO2. The van der Waals surface area contributed by atoms with Crippen molar-refractivity contribution in [3.63, 3.8) is 0 Å². The van der Waals surface area contributed by atoms with Gasteiger partial charge in [-0.1, -0.05) is 30.3 Å². The highest BCUT2D eigenvalue weighted by Gasteiger charge is 2.31. The van der Waals surface area contributed by atoms with Crippen molar-refractivity contribution >= 4 is 11.9 Å². The number of nitrogens with zero attached hydrogens (tertiary/aromatic N) is 1. The highest BCUT2D eigenvalue weighted by atomic mass is 16.6. The van der Waals surface area contributed by atoms with Gasteiger partial charge in [0, 0.05) is 25.1 Å². The van der Waals surface area contributed by atoms with Crippen LogP contribution in [-0.2, 0) is 14.3 Å². The number of hydrogen-bond acceptors (Lipinski definition) is 6. The second kappa shape index (κ2) is 8.96. The Kier molecular flexibility index (Phi) is 5.95. The summed E-state index contributed by atoms with van der Waals surface area (Å²) < 4.78 is 22.3. The van der Waals surface area contributed by atoms with Gasteiger partial charge in [-0.15, -0.1) is 0 Å². The summed E-state index contributed by atoms with van der Waals surface area (Å²) in [5.74, 6) is 0.272. The van der Waals surface area contributed by atoms with Crippen molar-refractivity contribution in [3.8, 4) is 11.5 Å². The van der Waals surface area contributed by atoms with E-state index in [0.717, 1.165) is 6.42 Å². The molecular weight excluding hydrogens is 374 g/mol. The summed E-state index contributed by atoms with van der Waals surface area (Å²) in [4.78, 5) is 27.6. The molecule has 1 amide bonds. The molecular formula is C22H23NO6. The lowest BCUT2D eigenvalue weighted by atomic mass is 10.1. The zero-order valence-corrected chi connectivity index (χ0v) is 16.0. The molecule has 29 heavy (non-hydrogen) atoms. The molecule has 0 N–H and O–H groups in total. The molecule has 2 aromatic rings. The van der Waals surface area contributed by atoms with Gasteiger partial charge >= 0.3 is 5.97 Å². The van der Waals surface area contributed by atoms with Crippen molar-refractivity contribution < 1.29 is 28.5 Å². The first kappa shape index (κ1) is 19.3. The molecule has 1 atom stereocenters. The Balaban J connectivity index is 1.56. The van der Waals surface area contributed by atoms with Crippen LogP contribution in [0.5, 0.6) is 11.5 Å². The van der Waals surface area contributed by atoms with Crippen LogP contribution >= 0.6 is 0 Å². The first-order valence-corrected chi connectivity index (χ1v) is 9.74. The number of rotatable bonds is 4. The number of amides is 1. The minimum Gasteiger partial charge on any atom is -0.490 e. The normalized spacial score (nSPS) is 17.2. The van der Waals surface area contributed by atoms with Gasteiger partial charge in [0.2, 0.25) is 6.10 Å². The average Bonchev–Trinajstić information content (AvgIpc) is 3.03. The number of ether oxygens (including phenoxy) is 4. The molecule has 0 unspecified atom stereocenters. The fourth-order valence-corrected chi connectivity index (χ4v) is 3.30. The van der Waals surface area contributed by atoms with E-state index in [0.29, 0.717) is 62.1 Å². The molecule has 0 bridgehead atoms. The molecule has 152 valence electrons. The molecule has 7 nitrogen and oxygen atoms in total. The lowest BCUT2D eigenvalue weighted by Gasteiger charge is -2.30. The summed E-state index contributed by atoms with van der Waals surface area (Å²) in [7, 11) is 0. The fraction of sp³-hybridized carbons (Fsp3) is 0.364. The van der Waals surface area contributed by atoms with E-state index < -0.39 is 12.1 Å². The number of morpholine rings is 1. The number of carbonyl (C=O) groups is 2. The summed E-state index contributed by atoms with van der Waals surface area (Å²) in [5.41, 5.74) is 0.941. The molecule has 0 saturated carbocycles. The van der Waals surface area contributed by atoms with Gasteiger partial charge in [-0.2, -0.15) is 0 Å². The van der Waals surface area contributed by atoms with Crippen LogP contribution in [0.1, 0.15) is 28.4 Å². The second-order valence-electron chi connectivity index (χ2n) is 6.85. The lowest BCUT2D eigenvalue weighted by Crippen LogP contribution is -2.44. The molecule has 0 aliphatic carbocycles. The second-order valence-corrected chi connectivity index (χ2v) is 6.85. The van der Waals surface area contributed by atoms with Crippen molar-refractivity contribution in [2.45, 2.75) is 12.5 Å². The van der Waals surface area contributed by atoms with E-state index in [9.17, 15) is 9.59 Å². The largest absolute Gasteiger partial charge is 0.490 e. The first-order valence-electron chi connectivity index (χ1n) is 9.74. The first-order chi connectivity index (χ1) is 14.2. The molecule has 0 spiro atoms. The van der Waals surface area contributed by atoms with E-state index in [2.05, 4.69) is 0 Å². The average molecular weight is 397 g/mol. The topological polar surface area (TPSA) is 74.3 Å². The number of fused-ring (bicyclic) bond motifs is 1. The lowest BCUT2D eigenvalue weighted by molar-refractivity contribution is -0.145. The zero-order chi connectivity index (χ0) is 20.1. The summed E-state index contributed by atoms with van der Waals surface area (Å²) in [6.07, 6.45) is -0.240. The molecule has 0 radical (unpaired) electrons. The highest BCUT2D eigenvalue weighted by Crippen LogP contribution is 2.31. The van der Waals surface area contributed by atoms with Crippen LogP contribution in [0, 0.1) is 0 Å². The van der Waals surface area contributed by atoms with Crippen LogP contribution in [0.4, 0.5) is 0 Å². The van der Waals surface area contributed by atoms with E-state index in [1.807, 2.05) is 18.2 Å². The fourth-order valence-electron chi connectivity index (χ4n) is 3.30. The van der Waals surface area contributed by atoms with Crippen LogP contribution in [-0.4, -0.2) is 56.3 Å². The molecule has 0 aromatic heterocycles. The predicted molar refractivity (Wildman–Crippen MR) is 104 cm³/mol. The minimum absolute atomic E-state index is 0.248. The van der Waals surface area contributed by atoms with Gasteiger partial charge in [-0.3, -0.25) is 4.79 Å². The van der Waals surface area contributed by atoms with Crippen molar-refractivity contribution in [2.24, 2.45) is 0 Å². The standard InChI is InChI=1S/C22H23NO6/c24-21(23-9-13-26-14-10-23)20(16-5-2-1-3-6-16)29-22(25)17-7-8-18-19(15-17)28-12-4-11-27-18/h1-3,5-8,15,20H,4,9-14H2/t20-/m0/s1. The van der Waals surface area contributed by atoms with Crippen LogP contribution in [0.15, 0.2) is 48.5 Å². The van der Waals surface area contributed by atoms with E-state index >= 15 is 0 Å². The van der Waals surface area contributed by atoms with E-state index in [4.69, 9.17) is 18.9 Å². The molecule has 2 heterocycles. The highest BCUT2D eigenvalue weighted by molar-refractivity contribution is 5.93. The molecule has 1 fully saturated rings. The number of esters is 1. The Labute approximate surface area is 169 Å². The van der Waals surface area contributed by atoms with Crippen molar-refractivity contribution in [1.29, 1.82) is 0 Å². The maximum Gasteiger partial charge on any atom is 0.339 e. The Morgan fingerprint density at radius 3 is 2.38 bits per heavy atom. The monoisotopic (exact) mass is 397 g/mol. The maximum atomic E-state index is 13.1. The maximum absolute atomic E-state index is 13.1. The van der Waals surface area contributed by atoms with E-state index in [1.54, 1.807) is 35.2 Å². The van der Waals surface area contributed by atoms with E-state index in [-0.39, 0.29) is 5.91 Å². The number of carbonyl (C=O) groups excluding carboxylic acids is 2. The van der Waals surface area contributed by atoms with E-state index in [1.165, 1.54) is 0 Å². The van der Waals surface area contributed by atoms with Crippen LogP contribution < -0.4 is 9.47 Å². The smallest absolute Gasteiger partial charge is 0.339 e. The third-order valence-corrected chi connectivity index (χ3v) is 4.86. The predicted octanol–water partition coefficient (Wildman–Crippen LogP) is 2.60. The Bertz CT molecular complexity index is 863. The molecule has 7 heteroatoms.